The van der Waals surface area contributed by atoms with Gasteiger partial charge in [0, 0.05) is 47.8 Å². The smallest absolute Gasteiger partial charge is 0.190 e. The van der Waals surface area contributed by atoms with Crippen molar-refractivity contribution in [3.8, 4) is 0 Å². The molecule has 0 amide bonds. The van der Waals surface area contributed by atoms with E-state index in [1.54, 1.807) is 0 Å². The molecule has 210 valence electrons. The second-order valence-corrected chi connectivity index (χ2v) is 12.2. The zero-order chi connectivity index (χ0) is 30.7. The monoisotopic (exact) mass is 553 g/mol. The zero-order valence-electron chi connectivity index (χ0n) is 27.1. The molecule has 1 aliphatic heterocycles. The molecule has 0 atom stereocenters. The fourth-order valence-electron chi connectivity index (χ4n) is 2.65. The largest absolute Gasteiger partial charge is 0.396 e. The van der Waals surface area contributed by atoms with Crippen LogP contribution in [0.4, 0.5) is 0 Å². The molecule has 0 radical (unpaired) electrons. The second-order valence-electron chi connectivity index (χ2n) is 11.0. The van der Waals surface area contributed by atoms with E-state index in [-0.39, 0.29) is 34.6 Å². The molecule has 0 aromatic carbocycles. The molecule has 5 nitrogen and oxygen atoms in total. The average Bonchev–Trinajstić information content (AvgIpc) is 2.91. The maximum absolute atomic E-state index is 11.7. The van der Waals surface area contributed by atoms with E-state index >= 15 is 0 Å². The number of carbonyl (C=O) groups excluding carboxylic acids is 1. The molecule has 0 bridgehead atoms. The minimum absolute atomic E-state index is 0.0392. The second kappa shape index (κ2) is 22.7. The molecule has 8 heteroatoms. The summed E-state index contributed by atoms with van der Waals surface area (Å²) in [5.74, 6) is 0.841. The van der Waals surface area contributed by atoms with Crippen molar-refractivity contribution in [2.24, 2.45) is 16.2 Å². The highest BCUT2D eigenvalue weighted by Gasteiger charge is 2.15. The van der Waals surface area contributed by atoms with E-state index in [9.17, 15) is 4.79 Å². The molecular weight excluding hydrogens is 486 g/mol. The SMILES string of the molecule is CC(C)(CO)CCO.[3H]CC(C)(C)CCC.[3H]CC(C)(C)CCSC(=O)CCN1CCOCC1.[3H]S.[3H]S. The maximum Gasteiger partial charge on any atom is 0.190 e. The summed E-state index contributed by atoms with van der Waals surface area (Å²) in [6, 6.07) is 0. The first kappa shape index (κ1) is 32.6. The van der Waals surface area contributed by atoms with Crippen molar-refractivity contribution in [3.63, 3.8) is 0 Å². The van der Waals surface area contributed by atoms with E-state index in [0.717, 1.165) is 45.0 Å². The highest BCUT2D eigenvalue weighted by atomic mass is 32.2. The van der Waals surface area contributed by atoms with Gasteiger partial charge in [-0.15, -0.1) is 0 Å². The Labute approximate surface area is 235 Å². The first-order valence-corrected chi connectivity index (χ1v) is 13.0. The van der Waals surface area contributed by atoms with Crippen molar-refractivity contribution in [2.45, 2.75) is 94.4 Å². The normalized spacial score (nSPS) is 15.6. The third kappa shape index (κ3) is 32.6. The molecule has 0 aromatic rings. The van der Waals surface area contributed by atoms with E-state index in [1.807, 2.05) is 13.8 Å². The molecule has 1 heterocycles. The minimum Gasteiger partial charge on any atom is -0.396 e. The van der Waals surface area contributed by atoms with Crippen LogP contribution in [0.5, 0.6) is 0 Å². The Balaban J connectivity index is -0.000000242. The summed E-state index contributed by atoms with van der Waals surface area (Å²) in [5, 5.41) is 17.3. The lowest BCUT2D eigenvalue weighted by Gasteiger charge is -2.26. The Morgan fingerprint density at radius 1 is 1.00 bits per heavy atom. The van der Waals surface area contributed by atoms with Gasteiger partial charge in [-0.2, -0.15) is 26.8 Å². The van der Waals surface area contributed by atoms with Gasteiger partial charge >= 0.3 is 0 Å². The molecule has 1 saturated heterocycles. The van der Waals surface area contributed by atoms with Gasteiger partial charge in [-0.1, -0.05) is 80.4 Å². The standard InChI is InChI=1S/C13H25NO2S.C7H16.C6H14O2.2H2S/c1-13(2,3)5-11-17-12(15)4-6-14-7-9-16-10-8-14;1-5-6-7(2,3)4;1-6(2,5-8)3-4-7;;/h4-11H2,1-3H3;5-6H2,1-4H3;7-8H,3-5H2,1-2H3;2*1H2/i1T;2T;;;/hT2. The van der Waals surface area contributed by atoms with Gasteiger partial charge in [-0.05, 0) is 35.5 Å². The van der Waals surface area contributed by atoms with Crippen molar-refractivity contribution in [2.75, 3.05) is 51.8 Å². The third-order valence-electron chi connectivity index (χ3n) is 4.92. The van der Waals surface area contributed by atoms with Crippen LogP contribution in [0, 0.1) is 16.2 Å². The zero-order valence-corrected chi connectivity index (χ0v) is 25.7. The summed E-state index contributed by atoms with van der Waals surface area (Å²) in [7, 11) is 0. The van der Waals surface area contributed by atoms with Gasteiger partial charge in [0.2, 0.25) is 0 Å². The fourth-order valence-corrected chi connectivity index (χ4v) is 3.76. The number of hydrogen-bond donors (Lipinski definition) is 2. The summed E-state index contributed by atoms with van der Waals surface area (Å²) in [6.45, 7) is 20.1. The highest BCUT2D eigenvalue weighted by molar-refractivity contribution is 8.13. The van der Waals surface area contributed by atoms with E-state index in [4.69, 9.17) is 19.9 Å². The molecule has 0 unspecified atom stereocenters. The molecule has 2 N–H and O–H groups in total. The van der Waals surface area contributed by atoms with E-state index in [0.29, 0.717) is 26.6 Å². The van der Waals surface area contributed by atoms with E-state index in [1.165, 1.54) is 24.6 Å². The number of carbonyl (C=O) groups is 1. The predicted molar refractivity (Wildman–Crippen MR) is 161 cm³/mol. The molecular formula is C26H59NO4S3. The lowest BCUT2D eigenvalue weighted by molar-refractivity contribution is -0.111. The number of nitrogens with zero attached hydrogens (tertiary/aromatic N) is 1. The predicted octanol–water partition coefficient (Wildman–Crippen LogP) is 5.85. The van der Waals surface area contributed by atoms with Crippen LogP contribution in [0.2, 0.25) is 0 Å². The lowest BCUT2D eigenvalue weighted by atomic mass is 9.91. The Hall–Kier alpha value is 0.560. The fraction of sp³-hybridized carbons (Fsp3) is 0.962. The van der Waals surface area contributed by atoms with Crippen molar-refractivity contribution >= 4 is 43.7 Å². The molecule has 1 rings (SSSR count). The van der Waals surface area contributed by atoms with Gasteiger partial charge < -0.3 is 14.9 Å². The van der Waals surface area contributed by atoms with Crippen LogP contribution in [-0.2, 0) is 9.53 Å². The summed E-state index contributed by atoms with van der Waals surface area (Å²) in [6.07, 6.45) is 4.61. The Morgan fingerprint density at radius 2 is 1.53 bits per heavy atom. The van der Waals surface area contributed by atoms with E-state index < -0.39 is 0 Å². The van der Waals surface area contributed by atoms with Gasteiger partial charge in [-0.3, -0.25) is 9.69 Å². The number of hydrogen-bond acceptors (Lipinski definition) is 6. The minimum atomic E-state index is -0.102. The first-order valence-electron chi connectivity index (χ1n) is 14.3. The van der Waals surface area contributed by atoms with Crippen molar-refractivity contribution in [1.29, 1.82) is 2.25 Å². The number of aliphatic hydroxyl groups excluding tert-OH is 2. The van der Waals surface area contributed by atoms with Gasteiger partial charge in [-0.25, -0.2) is 0 Å². The Morgan fingerprint density at radius 3 is 1.91 bits per heavy atom. The summed E-state index contributed by atoms with van der Waals surface area (Å²) >= 11 is 6.98. The summed E-state index contributed by atoms with van der Waals surface area (Å²) < 4.78 is 30.7. The summed E-state index contributed by atoms with van der Waals surface area (Å²) in [5.41, 5.74) is 0.195. The van der Waals surface area contributed by atoms with Crippen molar-refractivity contribution < 1.29 is 22.5 Å². The van der Waals surface area contributed by atoms with Crippen LogP contribution in [0.15, 0.2) is 0 Å². The molecule has 0 aromatic heterocycles. The van der Waals surface area contributed by atoms with E-state index in [2.05, 4.69) is 66.3 Å². The molecule has 0 aliphatic carbocycles. The van der Waals surface area contributed by atoms with Gasteiger partial charge in [0.15, 0.2) is 5.12 Å². The highest BCUT2D eigenvalue weighted by Crippen LogP contribution is 2.22. The molecule has 34 heavy (non-hydrogen) atoms. The number of ether oxygens (including phenoxy) is 1. The number of morpholine rings is 1. The Kier molecular flexibility index (Phi) is 21.8. The van der Waals surface area contributed by atoms with Crippen LogP contribution in [0.1, 0.15) is 97.1 Å². The summed E-state index contributed by atoms with van der Waals surface area (Å²) in [4.78, 5) is 14.0. The van der Waals surface area contributed by atoms with Crippen LogP contribution in [-0.4, -0.2) is 74.3 Å². The van der Waals surface area contributed by atoms with Crippen LogP contribution < -0.4 is 0 Å². The first-order chi connectivity index (χ1) is 17.8. The molecule has 0 spiro atoms. The number of thioether (sulfide) groups is 1. The Bertz CT molecular complexity index is 497. The maximum atomic E-state index is 11.7. The van der Waals surface area contributed by atoms with Crippen molar-refractivity contribution in [3.05, 3.63) is 0 Å². The number of aliphatic hydroxyl groups is 2. The quantitative estimate of drug-likeness (QED) is 0.373. The molecule has 1 fully saturated rings. The average molecular weight is 554 g/mol. The topological polar surface area (TPSA) is 70.0 Å². The lowest BCUT2D eigenvalue weighted by Crippen LogP contribution is -2.37. The van der Waals surface area contributed by atoms with Crippen LogP contribution >= 0.6 is 38.6 Å². The van der Waals surface area contributed by atoms with Crippen LogP contribution in [0.25, 0.3) is 0 Å². The van der Waals surface area contributed by atoms with Crippen LogP contribution in [0.3, 0.4) is 0 Å². The molecule has 1 aliphatic rings. The number of rotatable bonds is 9. The third-order valence-corrected chi connectivity index (χ3v) is 5.86. The van der Waals surface area contributed by atoms with Gasteiger partial charge in [0.05, 0.1) is 15.5 Å². The van der Waals surface area contributed by atoms with Gasteiger partial charge in [0.25, 0.3) is 0 Å². The van der Waals surface area contributed by atoms with Crippen molar-refractivity contribution in [1.82, 2.24) is 4.90 Å². The molecule has 0 saturated carbocycles. The van der Waals surface area contributed by atoms with Gasteiger partial charge in [0.1, 0.15) is 0 Å².